The first-order chi connectivity index (χ1) is 5.61. The van der Waals surface area contributed by atoms with Gasteiger partial charge in [0.1, 0.15) is 0 Å². The van der Waals surface area contributed by atoms with Crippen molar-refractivity contribution in [3.8, 4) is 0 Å². The van der Waals surface area contributed by atoms with Crippen molar-refractivity contribution in [3.63, 3.8) is 0 Å². The Kier molecular flexibility index (Phi) is 2.88. The topological polar surface area (TPSA) is 46.2 Å². The van der Waals surface area contributed by atoms with Crippen molar-refractivity contribution in [3.05, 3.63) is 21.9 Å². The molecule has 2 nitrogen and oxygen atoms in total. The number of hydrogen-bond donors (Lipinski definition) is 2. The Morgan fingerprint density at radius 2 is 2.33 bits per heavy atom. The molecule has 0 aliphatic heterocycles. The molecule has 1 heterocycles. The van der Waals surface area contributed by atoms with E-state index < -0.39 is 5.54 Å². The third-order valence-corrected chi connectivity index (χ3v) is 3.21. The van der Waals surface area contributed by atoms with Gasteiger partial charge in [0.25, 0.3) is 0 Å². The predicted molar refractivity (Wildman–Crippen MR) is 52.3 cm³/mol. The first-order valence-corrected chi connectivity index (χ1v) is 4.96. The summed E-state index contributed by atoms with van der Waals surface area (Å²) >= 11 is 1.62. The van der Waals surface area contributed by atoms with Gasteiger partial charge in [0.15, 0.2) is 0 Å². The summed E-state index contributed by atoms with van der Waals surface area (Å²) in [4.78, 5) is 1.10. The lowest BCUT2D eigenvalue weighted by molar-refractivity contribution is 0.212. The largest absolute Gasteiger partial charge is 0.394 e. The van der Waals surface area contributed by atoms with Crippen molar-refractivity contribution in [2.45, 2.75) is 25.8 Å². The second kappa shape index (κ2) is 3.56. The number of thiophene rings is 1. The number of aliphatic hydroxyl groups is 1. The van der Waals surface area contributed by atoms with E-state index in [0.717, 1.165) is 11.3 Å². The molecule has 0 aromatic carbocycles. The second-order valence-corrected chi connectivity index (χ2v) is 4.12. The fourth-order valence-corrected chi connectivity index (χ4v) is 2.25. The van der Waals surface area contributed by atoms with Crippen molar-refractivity contribution in [1.29, 1.82) is 0 Å². The van der Waals surface area contributed by atoms with E-state index in [4.69, 9.17) is 10.8 Å². The average molecular weight is 185 g/mol. The number of aryl methyl sites for hydroxylation is 1. The minimum absolute atomic E-state index is 0.000509. The number of nitrogens with two attached hydrogens (primary N) is 1. The molecule has 0 spiro atoms. The van der Waals surface area contributed by atoms with Gasteiger partial charge in [-0.05, 0) is 30.4 Å². The van der Waals surface area contributed by atoms with Gasteiger partial charge in [-0.2, -0.15) is 0 Å². The maximum Gasteiger partial charge on any atom is 0.0711 e. The van der Waals surface area contributed by atoms with Gasteiger partial charge in [-0.1, -0.05) is 6.92 Å². The fourth-order valence-electron chi connectivity index (χ4n) is 1.19. The van der Waals surface area contributed by atoms with Crippen LogP contribution in [0.15, 0.2) is 11.4 Å². The molecule has 0 bridgehead atoms. The van der Waals surface area contributed by atoms with Crippen LogP contribution in [0.5, 0.6) is 0 Å². The van der Waals surface area contributed by atoms with Crippen molar-refractivity contribution in [1.82, 2.24) is 0 Å². The maximum atomic E-state index is 9.07. The molecule has 0 saturated carbocycles. The quantitative estimate of drug-likeness (QED) is 0.749. The average Bonchev–Trinajstić information content (AvgIpc) is 2.52. The van der Waals surface area contributed by atoms with E-state index in [-0.39, 0.29) is 6.61 Å². The van der Waals surface area contributed by atoms with Gasteiger partial charge < -0.3 is 10.8 Å². The molecule has 1 unspecified atom stereocenters. The van der Waals surface area contributed by atoms with E-state index in [9.17, 15) is 0 Å². The first kappa shape index (κ1) is 9.71. The van der Waals surface area contributed by atoms with Crippen LogP contribution in [0.4, 0.5) is 0 Å². The van der Waals surface area contributed by atoms with E-state index in [1.165, 1.54) is 5.56 Å². The lowest BCUT2D eigenvalue weighted by atomic mass is 9.98. The summed E-state index contributed by atoms with van der Waals surface area (Å²) in [6, 6.07) is 2.07. The molecule has 1 aromatic rings. The minimum atomic E-state index is -0.570. The highest BCUT2D eigenvalue weighted by molar-refractivity contribution is 7.10. The molecule has 1 aromatic heterocycles. The monoisotopic (exact) mass is 185 g/mol. The van der Waals surface area contributed by atoms with E-state index in [1.807, 2.05) is 12.3 Å². The van der Waals surface area contributed by atoms with Gasteiger partial charge >= 0.3 is 0 Å². The summed E-state index contributed by atoms with van der Waals surface area (Å²) in [6.07, 6.45) is 0.978. The summed E-state index contributed by atoms with van der Waals surface area (Å²) in [6.45, 7) is 3.96. The van der Waals surface area contributed by atoms with Crippen molar-refractivity contribution < 1.29 is 5.11 Å². The minimum Gasteiger partial charge on any atom is -0.394 e. The van der Waals surface area contributed by atoms with Crippen LogP contribution >= 0.6 is 11.3 Å². The molecular weight excluding hydrogens is 170 g/mol. The van der Waals surface area contributed by atoms with Crippen LogP contribution in [0.25, 0.3) is 0 Å². The van der Waals surface area contributed by atoms with Crippen LogP contribution in [0.2, 0.25) is 0 Å². The van der Waals surface area contributed by atoms with Crippen molar-refractivity contribution in [2.24, 2.45) is 5.73 Å². The lowest BCUT2D eigenvalue weighted by Gasteiger charge is -2.21. The molecule has 0 aliphatic carbocycles. The van der Waals surface area contributed by atoms with E-state index in [0.29, 0.717) is 0 Å². The standard InChI is InChI=1S/C9H15NOS/c1-3-7-4-5-12-8(7)9(2,10)6-11/h4-5,11H,3,6,10H2,1-2H3. The molecule has 0 radical (unpaired) electrons. The molecule has 0 aliphatic rings. The van der Waals surface area contributed by atoms with E-state index in [2.05, 4.69) is 13.0 Å². The summed E-state index contributed by atoms with van der Waals surface area (Å²) in [5, 5.41) is 11.1. The van der Waals surface area contributed by atoms with Crippen molar-refractivity contribution in [2.75, 3.05) is 6.61 Å². The van der Waals surface area contributed by atoms with Crippen LogP contribution < -0.4 is 5.73 Å². The number of aliphatic hydroxyl groups excluding tert-OH is 1. The third kappa shape index (κ3) is 1.68. The lowest BCUT2D eigenvalue weighted by Crippen LogP contribution is -2.36. The van der Waals surface area contributed by atoms with Gasteiger partial charge in [-0.25, -0.2) is 0 Å². The van der Waals surface area contributed by atoms with Gasteiger partial charge in [0.05, 0.1) is 12.1 Å². The van der Waals surface area contributed by atoms with Crippen molar-refractivity contribution >= 4 is 11.3 Å². The molecule has 68 valence electrons. The third-order valence-electron chi connectivity index (χ3n) is 1.97. The van der Waals surface area contributed by atoms with E-state index >= 15 is 0 Å². The highest BCUT2D eigenvalue weighted by atomic mass is 32.1. The zero-order valence-corrected chi connectivity index (χ0v) is 8.32. The van der Waals surface area contributed by atoms with E-state index in [1.54, 1.807) is 11.3 Å². The second-order valence-electron chi connectivity index (χ2n) is 3.20. The smallest absolute Gasteiger partial charge is 0.0711 e. The molecule has 0 fully saturated rings. The highest BCUT2D eigenvalue weighted by Gasteiger charge is 2.23. The SMILES string of the molecule is CCc1ccsc1C(C)(N)CO. The Labute approximate surface area is 77.0 Å². The zero-order chi connectivity index (χ0) is 9.19. The highest BCUT2D eigenvalue weighted by Crippen LogP contribution is 2.27. The number of hydrogen-bond acceptors (Lipinski definition) is 3. The summed E-state index contributed by atoms with van der Waals surface area (Å²) < 4.78 is 0. The normalized spacial score (nSPS) is 16.0. The Morgan fingerprint density at radius 1 is 1.67 bits per heavy atom. The molecule has 1 rings (SSSR count). The summed E-state index contributed by atoms with van der Waals surface area (Å²) in [5.74, 6) is 0. The first-order valence-electron chi connectivity index (χ1n) is 4.08. The maximum absolute atomic E-state index is 9.07. The Balaban J connectivity index is 3.00. The molecule has 3 heteroatoms. The summed E-state index contributed by atoms with van der Waals surface area (Å²) in [5.41, 5.74) is 6.60. The van der Waals surface area contributed by atoms with Gasteiger partial charge in [0, 0.05) is 4.88 Å². The molecule has 0 saturated heterocycles. The molecule has 3 N–H and O–H groups in total. The Bertz CT molecular complexity index is 255. The van der Waals surface area contributed by atoms with Crippen LogP contribution in [0.3, 0.4) is 0 Å². The fraction of sp³-hybridized carbons (Fsp3) is 0.556. The molecular formula is C9H15NOS. The Hall–Kier alpha value is -0.380. The van der Waals surface area contributed by atoms with Gasteiger partial charge in [-0.3, -0.25) is 0 Å². The molecule has 1 atom stereocenters. The van der Waals surface area contributed by atoms with Gasteiger partial charge in [0.2, 0.25) is 0 Å². The predicted octanol–water partition coefficient (Wildman–Crippen LogP) is 1.48. The number of rotatable bonds is 3. The van der Waals surface area contributed by atoms with Crippen LogP contribution in [-0.4, -0.2) is 11.7 Å². The molecule has 0 amide bonds. The van der Waals surface area contributed by atoms with Crippen LogP contribution in [0.1, 0.15) is 24.3 Å². The summed E-state index contributed by atoms with van der Waals surface area (Å²) in [7, 11) is 0. The van der Waals surface area contributed by atoms with Crippen LogP contribution in [0, 0.1) is 0 Å². The molecule has 12 heavy (non-hydrogen) atoms. The van der Waals surface area contributed by atoms with Gasteiger partial charge in [-0.15, -0.1) is 11.3 Å². The van der Waals surface area contributed by atoms with Crippen LogP contribution in [-0.2, 0) is 12.0 Å². The zero-order valence-electron chi connectivity index (χ0n) is 7.50. The Morgan fingerprint density at radius 3 is 2.83 bits per heavy atom.